The van der Waals surface area contributed by atoms with E-state index in [1.54, 1.807) is 0 Å². The third kappa shape index (κ3) is 4.42. The quantitative estimate of drug-likeness (QED) is 0.598. The van der Waals surface area contributed by atoms with Gasteiger partial charge in [0, 0.05) is 19.0 Å². The fraction of sp³-hybridized carbons (Fsp3) is 0.727. The SMILES string of the molecule is CC(C)NC(=O)CCNC(=O)C1CC1C(=O)O. The molecule has 1 aliphatic carbocycles. The highest BCUT2D eigenvalue weighted by Crippen LogP contribution is 2.38. The summed E-state index contributed by atoms with van der Waals surface area (Å²) in [6.07, 6.45) is 0.619. The van der Waals surface area contributed by atoms with Crippen LogP contribution in [0.3, 0.4) is 0 Å². The fourth-order valence-corrected chi connectivity index (χ4v) is 1.58. The number of hydrogen-bond acceptors (Lipinski definition) is 3. The Morgan fingerprint density at radius 2 is 1.94 bits per heavy atom. The highest BCUT2D eigenvalue weighted by atomic mass is 16.4. The minimum absolute atomic E-state index is 0.0815. The molecule has 1 fully saturated rings. The summed E-state index contributed by atoms with van der Waals surface area (Å²) in [7, 11) is 0. The molecule has 0 aromatic rings. The molecule has 2 atom stereocenters. The van der Waals surface area contributed by atoms with Crippen molar-refractivity contribution in [1.29, 1.82) is 0 Å². The summed E-state index contributed by atoms with van der Waals surface area (Å²) in [6.45, 7) is 3.97. The molecule has 96 valence electrons. The zero-order valence-corrected chi connectivity index (χ0v) is 10.0. The fourth-order valence-electron chi connectivity index (χ4n) is 1.58. The Morgan fingerprint density at radius 1 is 1.29 bits per heavy atom. The van der Waals surface area contributed by atoms with Crippen LogP contribution in [0.15, 0.2) is 0 Å². The van der Waals surface area contributed by atoms with Crippen molar-refractivity contribution in [2.45, 2.75) is 32.7 Å². The largest absolute Gasteiger partial charge is 0.481 e. The van der Waals surface area contributed by atoms with E-state index in [4.69, 9.17) is 5.11 Å². The molecule has 3 N–H and O–H groups in total. The molecule has 1 aliphatic rings. The molecular formula is C11H18N2O4. The van der Waals surface area contributed by atoms with Crippen LogP contribution < -0.4 is 10.6 Å². The number of rotatable bonds is 6. The molecule has 0 spiro atoms. The van der Waals surface area contributed by atoms with Gasteiger partial charge in [0.05, 0.1) is 11.8 Å². The Labute approximate surface area is 99.8 Å². The lowest BCUT2D eigenvalue weighted by molar-refractivity contribution is -0.140. The van der Waals surface area contributed by atoms with E-state index in [9.17, 15) is 14.4 Å². The van der Waals surface area contributed by atoms with Crippen molar-refractivity contribution in [1.82, 2.24) is 10.6 Å². The first kappa shape index (κ1) is 13.5. The smallest absolute Gasteiger partial charge is 0.307 e. The summed E-state index contributed by atoms with van der Waals surface area (Å²) in [5.74, 6) is -2.27. The number of amides is 2. The molecule has 0 radical (unpaired) electrons. The lowest BCUT2D eigenvalue weighted by Gasteiger charge is -2.08. The van der Waals surface area contributed by atoms with Gasteiger partial charge < -0.3 is 15.7 Å². The van der Waals surface area contributed by atoms with Gasteiger partial charge in [-0.3, -0.25) is 14.4 Å². The second-order valence-electron chi connectivity index (χ2n) is 4.55. The van der Waals surface area contributed by atoms with Crippen molar-refractivity contribution in [3.63, 3.8) is 0 Å². The van der Waals surface area contributed by atoms with Crippen LogP contribution in [0.4, 0.5) is 0 Å². The van der Waals surface area contributed by atoms with E-state index in [1.165, 1.54) is 0 Å². The van der Waals surface area contributed by atoms with Crippen molar-refractivity contribution < 1.29 is 19.5 Å². The standard InChI is InChI=1S/C11H18N2O4/c1-6(2)13-9(14)3-4-12-10(15)7-5-8(7)11(16)17/h6-8H,3-5H2,1-2H3,(H,12,15)(H,13,14)(H,16,17). The van der Waals surface area contributed by atoms with Crippen molar-refractivity contribution in [3.8, 4) is 0 Å². The van der Waals surface area contributed by atoms with Gasteiger partial charge in [0.2, 0.25) is 11.8 Å². The summed E-state index contributed by atoms with van der Waals surface area (Å²) < 4.78 is 0. The average Bonchev–Trinajstić information content (AvgIpc) is 2.95. The molecule has 2 amide bonds. The maximum atomic E-state index is 11.4. The highest BCUT2D eigenvalue weighted by molar-refractivity contribution is 5.89. The summed E-state index contributed by atoms with van der Waals surface area (Å²) in [4.78, 5) is 33.2. The van der Waals surface area contributed by atoms with E-state index in [1.807, 2.05) is 13.8 Å². The van der Waals surface area contributed by atoms with E-state index in [-0.39, 0.29) is 30.8 Å². The van der Waals surface area contributed by atoms with Gasteiger partial charge in [-0.15, -0.1) is 0 Å². The maximum Gasteiger partial charge on any atom is 0.307 e. The Balaban J connectivity index is 2.13. The number of carboxylic acids is 1. The number of hydrogen-bond donors (Lipinski definition) is 3. The summed E-state index contributed by atoms with van der Waals surface area (Å²) in [6, 6.07) is 0.0815. The van der Waals surface area contributed by atoms with Gasteiger partial charge in [-0.05, 0) is 20.3 Å². The van der Waals surface area contributed by atoms with Crippen LogP contribution in [0.25, 0.3) is 0 Å². The van der Waals surface area contributed by atoms with Gasteiger partial charge >= 0.3 is 5.97 Å². The second kappa shape index (κ2) is 5.65. The lowest BCUT2D eigenvalue weighted by atomic mass is 10.3. The molecule has 0 heterocycles. The van der Waals surface area contributed by atoms with Crippen LogP contribution in [-0.2, 0) is 14.4 Å². The first-order chi connectivity index (χ1) is 7.91. The minimum atomic E-state index is -0.928. The molecule has 0 bridgehead atoms. The van der Waals surface area contributed by atoms with Crippen molar-refractivity contribution in [2.24, 2.45) is 11.8 Å². The monoisotopic (exact) mass is 242 g/mol. The summed E-state index contributed by atoms with van der Waals surface area (Å²) in [5.41, 5.74) is 0. The maximum absolute atomic E-state index is 11.4. The number of carbonyl (C=O) groups excluding carboxylic acids is 2. The Morgan fingerprint density at radius 3 is 2.41 bits per heavy atom. The van der Waals surface area contributed by atoms with Crippen LogP contribution in [0.1, 0.15) is 26.7 Å². The summed E-state index contributed by atoms with van der Waals surface area (Å²) in [5, 5.41) is 13.9. The van der Waals surface area contributed by atoms with E-state index in [0.717, 1.165) is 0 Å². The van der Waals surface area contributed by atoms with Crippen LogP contribution in [0, 0.1) is 11.8 Å². The molecule has 17 heavy (non-hydrogen) atoms. The zero-order valence-electron chi connectivity index (χ0n) is 10.0. The molecule has 1 rings (SSSR count). The molecule has 1 saturated carbocycles. The van der Waals surface area contributed by atoms with Gasteiger partial charge in [-0.25, -0.2) is 0 Å². The van der Waals surface area contributed by atoms with Gasteiger partial charge in [0.25, 0.3) is 0 Å². The van der Waals surface area contributed by atoms with Gasteiger partial charge in [0.1, 0.15) is 0 Å². The Hall–Kier alpha value is -1.59. The third-order valence-corrected chi connectivity index (χ3v) is 2.55. The van der Waals surface area contributed by atoms with Gasteiger partial charge in [-0.2, -0.15) is 0 Å². The first-order valence-corrected chi connectivity index (χ1v) is 5.71. The third-order valence-electron chi connectivity index (χ3n) is 2.55. The Kier molecular flexibility index (Phi) is 4.48. The Bertz CT molecular complexity index is 327. The van der Waals surface area contributed by atoms with Crippen molar-refractivity contribution >= 4 is 17.8 Å². The molecule has 0 aromatic carbocycles. The molecule has 0 saturated heterocycles. The molecule has 6 heteroatoms. The normalized spacial score (nSPS) is 22.1. The molecule has 6 nitrogen and oxygen atoms in total. The second-order valence-corrected chi connectivity index (χ2v) is 4.55. The van der Waals surface area contributed by atoms with Gasteiger partial charge in [-0.1, -0.05) is 0 Å². The van der Waals surface area contributed by atoms with Crippen LogP contribution in [0.5, 0.6) is 0 Å². The number of carbonyl (C=O) groups is 3. The number of aliphatic carboxylic acids is 1. The van der Waals surface area contributed by atoms with E-state index in [2.05, 4.69) is 10.6 Å². The van der Waals surface area contributed by atoms with Crippen LogP contribution in [-0.4, -0.2) is 35.5 Å². The summed E-state index contributed by atoms with van der Waals surface area (Å²) >= 11 is 0. The molecule has 2 unspecified atom stereocenters. The predicted molar refractivity (Wildman–Crippen MR) is 60.1 cm³/mol. The average molecular weight is 242 g/mol. The van der Waals surface area contributed by atoms with Crippen molar-refractivity contribution in [3.05, 3.63) is 0 Å². The lowest BCUT2D eigenvalue weighted by Crippen LogP contribution is -2.34. The van der Waals surface area contributed by atoms with E-state index < -0.39 is 17.8 Å². The predicted octanol–water partition coefficient (Wildman–Crippen LogP) is -0.262. The number of carboxylic acid groups (broad SMARTS) is 1. The molecule has 0 aromatic heterocycles. The van der Waals surface area contributed by atoms with Crippen LogP contribution >= 0.6 is 0 Å². The van der Waals surface area contributed by atoms with Crippen molar-refractivity contribution in [2.75, 3.05) is 6.54 Å². The zero-order chi connectivity index (χ0) is 13.0. The topological polar surface area (TPSA) is 95.5 Å². The highest BCUT2D eigenvalue weighted by Gasteiger charge is 2.48. The van der Waals surface area contributed by atoms with Crippen LogP contribution in [0.2, 0.25) is 0 Å². The first-order valence-electron chi connectivity index (χ1n) is 5.71. The van der Waals surface area contributed by atoms with Gasteiger partial charge in [0.15, 0.2) is 0 Å². The molecular weight excluding hydrogens is 224 g/mol. The van der Waals surface area contributed by atoms with E-state index >= 15 is 0 Å². The molecule has 0 aliphatic heterocycles. The van der Waals surface area contributed by atoms with E-state index in [0.29, 0.717) is 6.42 Å². The minimum Gasteiger partial charge on any atom is -0.481 e. The number of nitrogens with one attached hydrogen (secondary N) is 2.